The number of hydrogen-bond donors (Lipinski definition) is 2. The topological polar surface area (TPSA) is 70.4 Å². The Morgan fingerprint density at radius 1 is 1.48 bits per heavy atom. The molecule has 2 N–H and O–H groups in total. The Morgan fingerprint density at radius 2 is 2.24 bits per heavy atom. The van der Waals surface area contributed by atoms with Gasteiger partial charge in [0.2, 0.25) is 5.91 Å². The summed E-state index contributed by atoms with van der Waals surface area (Å²) in [5, 5.41) is 16.9. The molecular formula is C15H26N4O2. The van der Waals surface area contributed by atoms with Crippen molar-refractivity contribution in [1.82, 2.24) is 20.0 Å². The molecule has 2 heterocycles. The fourth-order valence-corrected chi connectivity index (χ4v) is 2.86. The van der Waals surface area contributed by atoms with Gasteiger partial charge in [0.15, 0.2) is 0 Å². The van der Waals surface area contributed by atoms with E-state index in [1.54, 1.807) is 0 Å². The zero-order valence-electron chi connectivity index (χ0n) is 13.2. The van der Waals surface area contributed by atoms with E-state index >= 15 is 0 Å². The Morgan fingerprint density at radius 3 is 2.86 bits per heavy atom. The van der Waals surface area contributed by atoms with Gasteiger partial charge in [0.05, 0.1) is 18.3 Å². The number of fused-ring (bicyclic) bond motifs is 1. The maximum absolute atomic E-state index is 12.1. The summed E-state index contributed by atoms with van der Waals surface area (Å²) >= 11 is 0. The molecular weight excluding hydrogens is 268 g/mol. The van der Waals surface area contributed by atoms with Crippen molar-refractivity contribution >= 4 is 5.91 Å². The average molecular weight is 294 g/mol. The van der Waals surface area contributed by atoms with E-state index < -0.39 is 0 Å². The number of aromatic nitrogens is 2. The van der Waals surface area contributed by atoms with Crippen LogP contribution in [0.15, 0.2) is 0 Å². The van der Waals surface area contributed by atoms with Crippen LogP contribution in [0.3, 0.4) is 0 Å². The first-order chi connectivity index (χ1) is 10.1. The molecule has 1 aliphatic heterocycles. The number of aliphatic hydroxyl groups is 1. The number of amides is 1. The Kier molecular flexibility index (Phi) is 5.36. The number of aliphatic hydroxyl groups excluding tert-OH is 1. The lowest BCUT2D eigenvalue weighted by molar-refractivity contribution is -0.126. The first-order valence-electron chi connectivity index (χ1n) is 7.82. The van der Waals surface area contributed by atoms with Crippen LogP contribution < -0.4 is 5.32 Å². The third-order valence-corrected chi connectivity index (χ3v) is 4.17. The van der Waals surface area contributed by atoms with Crippen molar-refractivity contribution < 1.29 is 9.90 Å². The molecule has 0 saturated heterocycles. The lowest BCUT2D eigenvalue weighted by Crippen LogP contribution is -2.47. The molecule has 1 aromatic rings. The van der Waals surface area contributed by atoms with Crippen LogP contribution >= 0.6 is 0 Å². The summed E-state index contributed by atoms with van der Waals surface area (Å²) < 4.78 is 1.97. The first-order valence-corrected chi connectivity index (χ1v) is 7.82. The highest BCUT2D eigenvalue weighted by Crippen LogP contribution is 2.24. The van der Waals surface area contributed by atoms with Crippen molar-refractivity contribution in [2.75, 3.05) is 13.1 Å². The summed E-state index contributed by atoms with van der Waals surface area (Å²) in [6, 6.07) is -0.152. The van der Waals surface area contributed by atoms with Gasteiger partial charge in [-0.05, 0) is 20.3 Å². The molecule has 6 nitrogen and oxygen atoms in total. The fraction of sp³-hybridized carbons (Fsp3) is 0.733. The number of nitrogens with one attached hydrogen (secondary N) is 1. The van der Waals surface area contributed by atoms with Gasteiger partial charge in [0.1, 0.15) is 0 Å². The molecule has 0 saturated carbocycles. The zero-order valence-corrected chi connectivity index (χ0v) is 13.2. The standard InChI is InChI=1S/C15H26N4O2/c1-4-7-16-15(21)11(3)18-8-6-14-12(9-18)13(10-20)17-19(14)5-2/h11,20H,4-10H2,1-3H3,(H,16,21). The molecule has 1 aromatic heterocycles. The van der Waals surface area contributed by atoms with E-state index in [2.05, 4.69) is 22.2 Å². The summed E-state index contributed by atoms with van der Waals surface area (Å²) in [6.07, 6.45) is 1.82. The van der Waals surface area contributed by atoms with E-state index in [4.69, 9.17) is 0 Å². The maximum Gasteiger partial charge on any atom is 0.237 e. The molecule has 0 fully saturated rings. The second-order valence-electron chi connectivity index (χ2n) is 5.53. The molecule has 0 aromatic carbocycles. The predicted molar refractivity (Wildman–Crippen MR) is 80.7 cm³/mol. The van der Waals surface area contributed by atoms with E-state index in [9.17, 15) is 9.90 Å². The Balaban J connectivity index is 2.11. The van der Waals surface area contributed by atoms with Gasteiger partial charge in [-0.2, -0.15) is 5.10 Å². The van der Waals surface area contributed by atoms with Gasteiger partial charge >= 0.3 is 0 Å². The van der Waals surface area contributed by atoms with Crippen molar-refractivity contribution in [3.05, 3.63) is 17.0 Å². The van der Waals surface area contributed by atoms with Gasteiger partial charge in [0.25, 0.3) is 0 Å². The molecule has 1 unspecified atom stereocenters. The lowest BCUT2D eigenvalue weighted by atomic mass is 10.0. The van der Waals surface area contributed by atoms with Crippen molar-refractivity contribution in [2.45, 2.75) is 59.4 Å². The van der Waals surface area contributed by atoms with Crippen molar-refractivity contribution in [3.63, 3.8) is 0 Å². The summed E-state index contributed by atoms with van der Waals surface area (Å²) in [5.74, 6) is 0.0775. The van der Waals surface area contributed by atoms with E-state index in [1.165, 1.54) is 5.69 Å². The van der Waals surface area contributed by atoms with Crippen molar-refractivity contribution in [3.8, 4) is 0 Å². The number of carbonyl (C=O) groups is 1. The molecule has 0 spiro atoms. The molecule has 2 rings (SSSR count). The summed E-state index contributed by atoms with van der Waals surface area (Å²) in [7, 11) is 0. The first kappa shape index (κ1) is 16.0. The number of aryl methyl sites for hydroxylation is 1. The second kappa shape index (κ2) is 7.04. The highest BCUT2D eigenvalue weighted by atomic mass is 16.3. The van der Waals surface area contributed by atoms with E-state index in [-0.39, 0.29) is 18.6 Å². The normalized spacial score (nSPS) is 16.6. The van der Waals surface area contributed by atoms with E-state index in [0.29, 0.717) is 6.54 Å². The monoisotopic (exact) mass is 294 g/mol. The van der Waals surface area contributed by atoms with Crippen LogP contribution in [-0.4, -0.2) is 44.8 Å². The fourth-order valence-electron chi connectivity index (χ4n) is 2.86. The predicted octanol–water partition coefficient (Wildman–Crippen LogP) is 0.668. The van der Waals surface area contributed by atoms with Crippen LogP contribution in [0, 0.1) is 0 Å². The quantitative estimate of drug-likeness (QED) is 0.809. The van der Waals surface area contributed by atoms with Gasteiger partial charge in [0, 0.05) is 43.9 Å². The number of carbonyl (C=O) groups excluding carboxylic acids is 1. The SMILES string of the molecule is CCCNC(=O)C(C)N1CCc2c(c(CO)nn2CC)C1. The van der Waals surface area contributed by atoms with Gasteiger partial charge in [-0.3, -0.25) is 14.4 Å². The minimum Gasteiger partial charge on any atom is -0.390 e. The Bertz CT molecular complexity index is 498. The van der Waals surface area contributed by atoms with Crippen LogP contribution in [0.5, 0.6) is 0 Å². The summed E-state index contributed by atoms with van der Waals surface area (Å²) in [6.45, 7) is 9.08. The average Bonchev–Trinajstić information content (AvgIpc) is 2.88. The minimum atomic E-state index is -0.152. The van der Waals surface area contributed by atoms with Gasteiger partial charge in [-0.1, -0.05) is 6.92 Å². The molecule has 118 valence electrons. The van der Waals surface area contributed by atoms with Crippen LogP contribution in [0.2, 0.25) is 0 Å². The molecule has 0 radical (unpaired) electrons. The van der Waals surface area contributed by atoms with Crippen molar-refractivity contribution in [2.24, 2.45) is 0 Å². The van der Waals surface area contributed by atoms with Gasteiger partial charge in [-0.15, -0.1) is 0 Å². The van der Waals surface area contributed by atoms with E-state index in [0.717, 1.165) is 43.7 Å². The van der Waals surface area contributed by atoms with Gasteiger partial charge in [-0.25, -0.2) is 0 Å². The van der Waals surface area contributed by atoms with Crippen molar-refractivity contribution in [1.29, 1.82) is 0 Å². The Hall–Kier alpha value is -1.40. The highest BCUT2D eigenvalue weighted by molar-refractivity contribution is 5.81. The van der Waals surface area contributed by atoms with Crippen LogP contribution in [0.1, 0.15) is 44.1 Å². The van der Waals surface area contributed by atoms with Crippen LogP contribution in [-0.2, 0) is 30.9 Å². The summed E-state index contributed by atoms with van der Waals surface area (Å²) in [5.41, 5.74) is 3.05. The second-order valence-corrected chi connectivity index (χ2v) is 5.53. The number of rotatable bonds is 6. The molecule has 21 heavy (non-hydrogen) atoms. The largest absolute Gasteiger partial charge is 0.390 e. The Labute approximate surface area is 126 Å². The molecule has 6 heteroatoms. The lowest BCUT2D eigenvalue weighted by Gasteiger charge is -2.32. The molecule has 1 aliphatic rings. The van der Waals surface area contributed by atoms with Crippen LogP contribution in [0.25, 0.3) is 0 Å². The number of nitrogens with zero attached hydrogens (tertiary/aromatic N) is 3. The number of hydrogen-bond acceptors (Lipinski definition) is 4. The molecule has 1 amide bonds. The molecule has 0 aliphatic carbocycles. The molecule has 0 bridgehead atoms. The zero-order chi connectivity index (χ0) is 15.4. The highest BCUT2D eigenvalue weighted by Gasteiger charge is 2.29. The van der Waals surface area contributed by atoms with E-state index in [1.807, 2.05) is 18.5 Å². The van der Waals surface area contributed by atoms with Gasteiger partial charge < -0.3 is 10.4 Å². The smallest absolute Gasteiger partial charge is 0.237 e. The third-order valence-electron chi connectivity index (χ3n) is 4.17. The summed E-state index contributed by atoms with van der Waals surface area (Å²) in [4.78, 5) is 14.3. The van der Waals surface area contributed by atoms with Crippen LogP contribution in [0.4, 0.5) is 0 Å². The minimum absolute atomic E-state index is 0.0421. The maximum atomic E-state index is 12.1. The third kappa shape index (κ3) is 3.27. The molecule has 1 atom stereocenters.